The Morgan fingerprint density at radius 3 is 2.65 bits per heavy atom. The lowest BCUT2D eigenvalue weighted by atomic mass is 9.71. The summed E-state index contributed by atoms with van der Waals surface area (Å²) in [4.78, 5) is 0. The van der Waals surface area contributed by atoms with E-state index in [9.17, 15) is 0 Å². The molecule has 2 unspecified atom stereocenters. The molecule has 0 bridgehead atoms. The molecule has 0 aromatic heterocycles. The molecule has 1 saturated carbocycles. The average molecular weight is 277 g/mol. The van der Waals surface area contributed by atoms with Gasteiger partial charge in [-0.15, -0.1) is 0 Å². The van der Waals surface area contributed by atoms with Gasteiger partial charge in [-0.05, 0) is 42.7 Å². The van der Waals surface area contributed by atoms with Crippen LogP contribution in [0.25, 0.3) is 0 Å². The molecule has 2 rings (SSSR count). The van der Waals surface area contributed by atoms with Crippen molar-refractivity contribution < 1.29 is 9.47 Å². The summed E-state index contributed by atoms with van der Waals surface area (Å²) in [5.74, 6) is 1.49. The summed E-state index contributed by atoms with van der Waals surface area (Å²) in [6.45, 7) is 8.17. The molecule has 2 atom stereocenters. The van der Waals surface area contributed by atoms with Gasteiger partial charge in [-0.2, -0.15) is 0 Å². The monoisotopic (exact) mass is 277 g/mol. The predicted octanol–water partition coefficient (Wildman–Crippen LogP) is 3.88. The van der Waals surface area contributed by atoms with Crippen LogP contribution in [-0.2, 0) is 4.74 Å². The first-order valence-electron chi connectivity index (χ1n) is 7.55. The van der Waals surface area contributed by atoms with E-state index in [2.05, 4.69) is 20.8 Å². The van der Waals surface area contributed by atoms with Crippen LogP contribution in [0.3, 0.4) is 0 Å². The molecule has 112 valence electrons. The van der Waals surface area contributed by atoms with Crippen LogP contribution in [-0.4, -0.2) is 19.3 Å². The first-order chi connectivity index (χ1) is 9.46. The standard InChI is InChI=1S/C17H27NO2/c1-13-10-14(12-17(2,3)11-13)19-8-9-20-16-7-5-4-6-15(16)18/h4-7,13-14H,8-12,18H2,1-3H3. The highest BCUT2D eigenvalue weighted by Crippen LogP contribution is 2.39. The van der Waals surface area contributed by atoms with E-state index in [0.717, 1.165) is 24.5 Å². The molecule has 1 aromatic carbocycles. The summed E-state index contributed by atoms with van der Waals surface area (Å²) in [5.41, 5.74) is 6.91. The number of nitrogens with two attached hydrogens (primary N) is 1. The average Bonchev–Trinajstić information content (AvgIpc) is 2.34. The largest absolute Gasteiger partial charge is 0.489 e. The Morgan fingerprint density at radius 2 is 1.95 bits per heavy atom. The number of rotatable bonds is 5. The summed E-state index contributed by atoms with van der Waals surface area (Å²) in [7, 11) is 0. The van der Waals surface area contributed by atoms with Gasteiger partial charge in [-0.3, -0.25) is 0 Å². The fourth-order valence-corrected chi connectivity index (χ4v) is 3.36. The van der Waals surface area contributed by atoms with E-state index in [1.165, 1.54) is 6.42 Å². The van der Waals surface area contributed by atoms with Crippen molar-refractivity contribution in [1.82, 2.24) is 0 Å². The number of hydrogen-bond donors (Lipinski definition) is 1. The van der Waals surface area contributed by atoms with E-state index < -0.39 is 0 Å². The van der Waals surface area contributed by atoms with Crippen LogP contribution in [0, 0.1) is 11.3 Å². The second-order valence-corrected chi connectivity index (χ2v) is 6.79. The Bertz CT molecular complexity index is 431. The molecule has 1 aliphatic rings. The Kier molecular flexibility index (Phi) is 4.92. The third-order valence-electron chi connectivity index (χ3n) is 3.96. The fourth-order valence-electron chi connectivity index (χ4n) is 3.36. The second-order valence-electron chi connectivity index (χ2n) is 6.79. The fraction of sp³-hybridized carbons (Fsp3) is 0.647. The van der Waals surface area contributed by atoms with Crippen molar-refractivity contribution in [3.05, 3.63) is 24.3 Å². The summed E-state index contributed by atoms with van der Waals surface area (Å²) in [5, 5.41) is 0. The summed E-state index contributed by atoms with van der Waals surface area (Å²) in [6, 6.07) is 7.57. The van der Waals surface area contributed by atoms with Crippen LogP contribution in [0.4, 0.5) is 5.69 Å². The molecular formula is C17H27NO2. The SMILES string of the molecule is CC1CC(OCCOc2ccccc2N)CC(C)(C)C1. The highest BCUT2D eigenvalue weighted by Gasteiger charge is 2.32. The second kappa shape index (κ2) is 6.49. The van der Waals surface area contributed by atoms with Crippen molar-refractivity contribution in [2.24, 2.45) is 11.3 Å². The lowest BCUT2D eigenvalue weighted by Crippen LogP contribution is -2.33. The molecule has 0 spiro atoms. The van der Waals surface area contributed by atoms with Gasteiger partial charge in [0.05, 0.1) is 18.4 Å². The number of benzene rings is 1. The minimum absolute atomic E-state index is 0.366. The van der Waals surface area contributed by atoms with Gasteiger partial charge in [-0.25, -0.2) is 0 Å². The zero-order valence-corrected chi connectivity index (χ0v) is 12.9. The van der Waals surface area contributed by atoms with Gasteiger partial charge < -0.3 is 15.2 Å². The van der Waals surface area contributed by atoms with Gasteiger partial charge in [0.1, 0.15) is 12.4 Å². The summed E-state index contributed by atoms with van der Waals surface area (Å²) in [6.07, 6.45) is 3.97. The predicted molar refractivity (Wildman–Crippen MR) is 82.9 cm³/mol. The topological polar surface area (TPSA) is 44.5 Å². The maximum Gasteiger partial charge on any atom is 0.142 e. The first-order valence-corrected chi connectivity index (χ1v) is 7.55. The molecular weight excluding hydrogens is 250 g/mol. The molecule has 3 heteroatoms. The van der Waals surface area contributed by atoms with E-state index in [1.807, 2.05) is 24.3 Å². The third kappa shape index (κ3) is 4.41. The minimum atomic E-state index is 0.366. The summed E-state index contributed by atoms with van der Waals surface area (Å²) >= 11 is 0. The van der Waals surface area contributed by atoms with E-state index in [0.29, 0.717) is 30.4 Å². The van der Waals surface area contributed by atoms with Gasteiger partial charge in [0.2, 0.25) is 0 Å². The zero-order valence-electron chi connectivity index (χ0n) is 12.9. The number of anilines is 1. The van der Waals surface area contributed by atoms with Crippen LogP contribution < -0.4 is 10.5 Å². The van der Waals surface area contributed by atoms with Crippen LogP contribution >= 0.6 is 0 Å². The quantitative estimate of drug-likeness (QED) is 0.656. The molecule has 1 aromatic rings. The number of para-hydroxylation sites is 2. The van der Waals surface area contributed by atoms with Crippen LogP contribution in [0.5, 0.6) is 5.75 Å². The van der Waals surface area contributed by atoms with Crippen molar-refractivity contribution in [3.8, 4) is 5.75 Å². The summed E-state index contributed by atoms with van der Waals surface area (Å²) < 4.78 is 11.6. The Hall–Kier alpha value is -1.22. The molecule has 0 saturated heterocycles. The van der Waals surface area contributed by atoms with E-state index in [4.69, 9.17) is 15.2 Å². The molecule has 0 aliphatic heterocycles. The van der Waals surface area contributed by atoms with Gasteiger partial charge in [-0.1, -0.05) is 32.9 Å². The van der Waals surface area contributed by atoms with Crippen LogP contribution in [0.1, 0.15) is 40.0 Å². The number of nitrogen functional groups attached to an aromatic ring is 1. The lowest BCUT2D eigenvalue weighted by molar-refractivity contribution is -0.0316. The van der Waals surface area contributed by atoms with E-state index in [1.54, 1.807) is 0 Å². The minimum Gasteiger partial charge on any atom is -0.489 e. The van der Waals surface area contributed by atoms with Gasteiger partial charge >= 0.3 is 0 Å². The molecule has 1 fully saturated rings. The molecule has 2 N–H and O–H groups in total. The van der Waals surface area contributed by atoms with Crippen molar-refractivity contribution in [2.75, 3.05) is 18.9 Å². The maximum absolute atomic E-state index is 5.98. The van der Waals surface area contributed by atoms with Crippen molar-refractivity contribution in [1.29, 1.82) is 0 Å². The number of ether oxygens (including phenoxy) is 2. The zero-order chi connectivity index (χ0) is 14.6. The van der Waals surface area contributed by atoms with Crippen molar-refractivity contribution >= 4 is 5.69 Å². The van der Waals surface area contributed by atoms with E-state index in [-0.39, 0.29) is 0 Å². The van der Waals surface area contributed by atoms with Gasteiger partial charge in [0.15, 0.2) is 0 Å². The normalized spacial score (nSPS) is 25.4. The van der Waals surface area contributed by atoms with Crippen LogP contribution in [0.2, 0.25) is 0 Å². The lowest BCUT2D eigenvalue weighted by Gasteiger charge is -2.38. The third-order valence-corrected chi connectivity index (χ3v) is 3.96. The van der Waals surface area contributed by atoms with Crippen molar-refractivity contribution in [3.63, 3.8) is 0 Å². The Labute approximate surface area is 122 Å². The van der Waals surface area contributed by atoms with Gasteiger partial charge in [0, 0.05) is 0 Å². The smallest absolute Gasteiger partial charge is 0.142 e. The Morgan fingerprint density at radius 1 is 1.20 bits per heavy atom. The maximum atomic E-state index is 5.98. The van der Waals surface area contributed by atoms with Gasteiger partial charge in [0.25, 0.3) is 0 Å². The van der Waals surface area contributed by atoms with Crippen molar-refractivity contribution in [2.45, 2.75) is 46.1 Å². The highest BCUT2D eigenvalue weighted by atomic mass is 16.5. The highest BCUT2D eigenvalue weighted by molar-refractivity contribution is 5.51. The molecule has 0 heterocycles. The van der Waals surface area contributed by atoms with Crippen LogP contribution in [0.15, 0.2) is 24.3 Å². The first kappa shape index (κ1) is 15.2. The van der Waals surface area contributed by atoms with E-state index >= 15 is 0 Å². The molecule has 3 nitrogen and oxygen atoms in total. The number of hydrogen-bond acceptors (Lipinski definition) is 3. The molecule has 0 amide bonds. The molecule has 0 radical (unpaired) electrons. The molecule has 1 aliphatic carbocycles. The Balaban J connectivity index is 1.72. The molecule has 20 heavy (non-hydrogen) atoms.